The van der Waals surface area contributed by atoms with Gasteiger partial charge in [-0.1, -0.05) is 91.0 Å². The molecule has 0 bridgehead atoms. The molecule has 410 valence electrons. The molecule has 0 aliphatic rings. The summed E-state index contributed by atoms with van der Waals surface area (Å²) in [6.07, 6.45) is -51.3. The topological polar surface area (TPSA) is 20.9 Å². The normalized spacial score (nSPS) is 13.4. The number of aromatic nitrogens is 1. The van der Waals surface area contributed by atoms with Gasteiger partial charge in [-0.2, -0.15) is 132 Å². The van der Waals surface area contributed by atoms with E-state index in [1.165, 1.54) is 6.07 Å². The minimum Gasteiger partial charge on any atom is -0.287 e. The van der Waals surface area contributed by atoms with Crippen LogP contribution in [-0.4, -0.2) is 11.9 Å². The van der Waals surface area contributed by atoms with E-state index in [1.807, 2.05) is 30.3 Å². The third-order valence-corrected chi connectivity index (χ3v) is 11.7. The minimum atomic E-state index is -6.13. The summed E-state index contributed by atoms with van der Waals surface area (Å²) in [6.45, 7) is 0.203. The number of hydrogen-bond donors (Lipinski definition) is 0. The van der Waals surface area contributed by atoms with E-state index in [0.717, 1.165) is 5.39 Å². The van der Waals surface area contributed by atoms with Crippen LogP contribution in [-0.2, 0) is 56.0 Å². The molecular formula is C49H25BF25NO. The zero-order chi connectivity index (χ0) is 57.9. The Balaban J connectivity index is 0.000000397. The van der Waals surface area contributed by atoms with E-state index in [9.17, 15) is 115 Å². The Labute approximate surface area is 414 Å². The van der Waals surface area contributed by atoms with Crippen molar-refractivity contribution in [3.63, 3.8) is 0 Å². The third-order valence-electron chi connectivity index (χ3n) is 11.7. The van der Waals surface area contributed by atoms with Gasteiger partial charge in [-0.3, -0.25) is 4.79 Å². The molecule has 7 aromatic rings. The van der Waals surface area contributed by atoms with Crippen LogP contribution in [0.15, 0.2) is 140 Å². The van der Waals surface area contributed by atoms with Crippen LogP contribution in [0.25, 0.3) is 10.8 Å². The van der Waals surface area contributed by atoms with Crippen LogP contribution in [0.5, 0.6) is 0 Å². The Hall–Kier alpha value is -7.29. The molecule has 0 atom stereocenters. The maximum absolute atomic E-state index is 14.2. The lowest BCUT2D eigenvalue weighted by Crippen LogP contribution is -2.75. The van der Waals surface area contributed by atoms with Gasteiger partial charge in [0.05, 0.1) is 49.9 Å². The fraction of sp³-hybridized carbons (Fsp3) is 0.184. The Morgan fingerprint density at radius 3 is 0.922 bits per heavy atom. The second-order valence-corrected chi connectivity index (χ2v) is 16.9. The molecule has 0 spiro atoms. The lowest BCUT2D eigenvalue weighted by molar-refractivity contribution is -0.681. The first-order valence-corrected chi connectivity index (χ1v) is 21.0. The largest absolute Gasteiger partial charge is 0.416 e. The number of ketones is 1. The predicted octanol–water partition coefficient (Wildman–Crippen LogP) is 14.4. The molecule has 0 saturated heterocycles. The van der Waals surface area contributed by atoms with Gasteiger partial charge in [-0.15, -0.1) is 0 Å². The summed E-state index contributed by atoms with van der Waals surface area (Å²) in [5, 5.41) is 1.35. The van der Waals surface area contributed by atoms with Crippen LogP contribution in [0.3, 0.4) is 0 Å². The summed E-state index contributed by atoms with van der Waals surface area (Å²) in [4.78, 5) is 12.1. The van der Waals surface area contributed by atoms with Crippen molar-refractivity contribution in [1.29, 1.82) is 0 Å². The van der Waals surface area contributed by atoms with Crippen LogP contribution >= 0.6 is 0 Å². The van der Waals surface area contributed by atoms with Gasteiger partial charge < -0.3 is 0 Å². The zero-order valence-electron chi connectivity index (χ0n) is 37.4. The van der Waals surface area contributed by atoms with Crippen LogP contribution in [0.4, 0.5) is 110 Å². The highest BCUT2D eigenvalue weighted by atomic mass is 19.4. The van der Waals surface area contributed by atoms with Crippen molar-refractivity contribution in [1.82, 2.24) is 0 Å². The molecule has 2 nitrogen and oxygen atoms in total. The van der Waals surface area contributed by atoms with Crippen molar-refractivity contribution >= 4 is 44.6 Å². The highest BCUT2D eigenvalue weighted by molar-refractivity contribution is 7.20. The van der Waals surface area contributed by atoms with Crippen molar-refractivity contribution in [3.8, 4) is 0 Å². The Morgan fingerprint density at radius 1 is 0.364 bits per heavy atom. The molecule has 0 amide bonds. The Kier molecular flexibility index (Phi) is 15.5. The smallest absolute Gasteiger partial charge is 0.287 e. The number of fused-ring (bicyclic) bond motifs is 1. The van der Waals surface area contributed by atoms with E-state index in [2.05, 4.69) is 0 Å². The van der Waals surface area contributed by atoms with E-state index in [0.29, 0.717) is 10.9 Å². The van der Waals surface area contributed by atoms with Crippen molar-refractivity contribution in [2.45, 2.75) is 56.0 Å². The van der Waals surface area contributed by atoms with Gasteiger partial charge in [0.15, 0.2) is 12.4 Å². The molecule has 0 N–H and O–H groups in total. The Bertz CT molecular complexity index is 2870. The maximum atomic E-state index is 14.2. The molecule has 28 heteroatoms. The van der Waals surface area contributed by atoms with Crippen LogP contribution < -0.4 is 26.4 Å². The van der Waals surface area contributed by atoms with E-state index in [1.54, 1.807) is 35.2 Å². The van der Waals surface area contributed by atoms with Gasteiger partial charge in [0, 0.05) is 11.6 Å². The number of rotatable bonds is 7. The van der Waals surface area contributed by atoms with Gasteiger partial charge in [-0.05, 0) is 35.7 Å². The number of benzene rings is 6. The number of hydrogen-bond acceptors (Lipinski definition) is 1. The first-order valence-electron chi connectivity index (χ1n) is 21.0. The highest BCUT2D eigenvalue weighted by Gasteiger charge is 2.47. The number of alkyl halides is 24. The molecule has 0 unspecified atom stereocenters. The summed E-state index contributed by atoms with van der Waals surface area (Å²) in [5.41, 5.74) is -29.5. The van der Waals surface area contributed by atoms with E-state index < -0.39 is 195 Å². The standard InChI is InChI=1S/C32H12BF24.C17H13FNO/c34-25(35,36)13-1-14(26(37,38)39)6-21(5-13)33(22-7-15(27(40,41)42)2-16(8-22)28(43,44)45,23-9-17(29(46,47)48)3-18(10-23)30(49,50)51)24-11-19(31(52,53)54)4-20(12-24)32(55,56)57;18-16-8-4-7-13-9-10-19(11-15(13)16)12-17(20)14-5-2-1-3-6-14/h1-12H;1-11H,12H2/q-1;+1. The van der Waals surface area contributed by atoms with Gasteiger partial charge in [0.2, 0.25) is 12.3 Å². The minimum absolute atomic E-state index is 0.00582. The fourth-order valence-corrected chi connectivity index (χ4v) is 8.27. The molecule has 0 aliphatic heterocycles. The summed E-state index contributed by atoms with van der Waals surface area (Å²) in [6, 6.07) is 7.05. The van der Waals surface area contributed by atoms with Crippen molar-refractivity contribution < 1.29 is 119 Å². The first-order chi connectivity index (χ1) is 35.0. The predicted molar refractivity (Wildman–Crippen MR) is 225 cm³/mol. The maximum Gasteiger partial charge on any atom is 0.416 e. The molecule has 0 saturated carbocycles. The van der Waals surface area contributed by atoms with E-state index in [4.69, 9.17) is 0 Å². The number of halogens is 25. The van der Waals surface area contributed by atoms with Crippen LogP contribution in [0.2, 0.25) is 0 Å². The van der Waals surface area contributed by atoms with Gasteiger partial charge >= 0.3 is 49.4 Å². The zero-order valence-corrected chi connectivity index (χ0v) is 37.4. The second kappa shape index (κ2) is 20.3. The summed E-state index contributed by atoms with van der Waals surface area (Å²) in [5.74, 6) is -0.268. The fourth-order valence-electron chi connectivity index (χ4n) is 8.27. The SMILES string of the molecule is FC(F)(F)c1cc([B-](c2cc(C(F)(F)F)cc(C(F)(F)F)c2)(c2cc(C(F)(F)F)cc(C(F)(F)F)c2)c2cc(C(F)(F)F)cc(C(F)(F)F)c2)cc(C(F)(F)F)c1.O=C(C[n+]1ccc2cccc(F)c2c1)c1ccccc1. The lowest BCUT2D eigenvalue weighted by atomic mass is 9.12. The van der Waals surface area contributed by atoms with Crippen LogP contribution in [0.1, 0.15) is 54.9 Å². The first kappa shape index (κ1) is 59.0. The average Bonchev–Trinajstić information content (AvgIpc) is 3.30. The highest BCUT2D eigenvalue weighted by Crippen LogP contribution is 2.41. The molecule has 0 aliphatic carbocycles. The van der Waals surface area contributed by atoms with Gasteiger partial charge in [-0.25, -0.2) is 4.39 Å². The quantitative estimate of drug-likeness (QED) is 0.0674. The van der Waals surface area contributed by atoms with E-state index in [-0.39, 0.29) is 18.1 Å². The molecule has 1 aromatic heterocycles. The molecule has 6 aromatic carbocycles. The average molecular weight is 1130 g/mol. The number of carbonyl (C=O) groups excluding carboxylic acids is 1. The molecule has 1 heterocycles. The van der Waals surface area contributed by atoms with E-state index >= 15 is 0 Å². The number of Topliss-reactive ketones (excluding diaryl/α,β-unsaturated/α-hetero) is 1. The molecule has 7 rings (SSSR count). The third kappa shape index (κ3) is 13.3. The summed E-state index contributed by atoms with van der Waals surface area (Å²) >= 11 is 0. The molecule has 0 fully saturated rings. The summed E-state index contributed by atoms with van der Waals surface area (Å²) < 4.78 is 356. The Morgan fingerprint density at radius 2 is 0.649 bits per heavy atom. The molecular weight excluding hydrogens is 1100 g/mol. The number of nitrogens with zero attached hydrogens (tertiary/aromatic N) is 1. The van der Waals surface area contributed by atoms with Crippen molar-refractivity contribution in [2.75, 3.05) is 0 Å². The van der Waals surface area contributed by atoms with Crippen molar-refractivity contribution in [3.05, 3.63) is 196 Å². The van der Waals surface area contributed by atoms with Crippen molar-refractivity contribution in [2.24, 2.45) is 0 Å². The molecule has 77 heavy (non-hydrogen) atoms. The molecule has 0 radical (unpaired) electrons. The monoisotopic (exact) mass is 1130 g/mol. The lowest BCUT2D eigenvalue weighted by Gasteiger charge is -2.46. The number of carbonyl (C=O) groups is 1. The van der Waals surface area contributed by atoms with Gasteiger partial charge in [0.25, 0.3) is 0 Å². The van der Waals surface area contributed by atoms with Crippen LogP contribution in [0, 0.1) is 5.82 Å². The summed E-state index contributed by atoms with van der Waals surface area (Å²) in [7, 11) is 0. The number of pyridine rings is 1. The second-order valence-electron chi connectivity index (χ2n) is 16.9. The van der Waals surface area contributed by atoms with Gasteiger partial charge in [0.1, 0.15) is 12.0 Å².